The second-order valence-corrected chi connectivity index (χ2v) is 7.42. The van der Waals surface area contributed by atoms with E-state index in [1.54, 1.807) is 18.2 Å². The lowest BCUT2D eigenvalue weighted by Gasteiger charge is -2.12. The third kappa shape index (κ3) is 5.34. The van der Waals surface area contributed by atoms with Crippen molar-refractivity contribution in [2.75, 3.05) is 0 Å². The van der Waals surface area contributed by atoms with E-state index in [0.717, 1.165) is 6.07 Å². The molecule has 0 saturated carbocycles. The van der Waals surface area contributed by atoms with Gasteiger partial charge in [-0.3, -0.25) is 14.3 Å². The minimum absolute atomic E-state index is 0.00904. The van der Waals surface area contributed by atoms with E-state index in [4.69, 9.17) is 16.3 Å². The fourth-order valence-electron chi connectivity index (χ4n) is 2.99. The highest BCUT2D eigenvalue weighted by molar-refractivity contribution is 6.32. The Balaban J connectivity index is 1.42. The molecule has 0 radical (unpaired) electrons. The van der Waals surface area contributed by atoms with Crippen molar-refractivity contribution >= 4 is 17.5 Å². The molecule has 0 aliphatic rings. The van der Waals surface area contributed by atoms with Crippen molar-refractivity contribution in [2.45, 2.75) is 12.7 Å². The number of carbonyl (C=O) groups is 1. The highest BCUT2D eigenvalue weighted by Gasteiger charge is 2.32. The number of halogens is 5. The molecule has 0 spiro atoms. The van der Waals surface area contributed by atoms with Crippen LogP contribution in [0.3, 0.4) is 0 Å². The van der Waals surface area contributed by atoms with Crippen LogP contribution in [0, 0.1) is 5.82 Å². The number of nitrogens with zero attached hydrogens (tertiary/aromatic N) is 3. The molecule has 1 aromatic carbocycles. The van der Waals surface area contributed by atoms with Gasteiger partial charge in [0.25, 0.3) is 5.91 Å². The summed E-state index contributed by atoms with van der Waals surface area (Å²) in [6.07, 6.45) is -1.00. The quantitative estimate of drug-likeness (QED) is 0.347. The second kappa shape index (κ2) is 9.52. The molecule has 1 amide bonds. The third-order valence-corrected chi connectivity index (χ3v) is 4.91. The number of hydrogen-bond acceptors (Lipinski definition) is 4. The lowest BCUT2D eigenvalue weighted by Crippen LogP contribution is -2.25. The number of pyridine rings is 2. The first-order valence-electron chi connectivity index (χ1n) is 9.78. The maximum atomic E-state index is 13.0. The zero-order chi connectivity index (χ0) is 24.3. The van der Waals surface area contributed by atoms with Crippen molar-refractivity contribution in [3.63, 3.8) is 0 Å². The maximum absolute atomic E-state index is 13.0. The van der Waals surface area contributed by atoms with Crippen molar-refractivity contribution in [3.8, 4) is 17.3 Å². The van der Waals surface area contributed by atoms with Gasteiger partial charge in [0.1, 0.15) is 23.0 Å². The van der Waals surface area contributed by atoms with Crippen LogP contribution in [0.2, 0.25) is 5.02 Å². The minimum atomic E-state index is -4.58. The molecule has 1 N–H and O–H groups in total. The van der Waals surface area contributed by atoms with E-state index in [9.17, 15) is 22.4 Å². The Kier molecular flexibility index (Phi) is 6.51. The summed E-state index contributed by atoms with van der Waals surface area (Å²) in [5.74, 6) is -0.0142. The van der Waals surface area contributed by atoms with Gasteiger partial charge in [0.2, 0.25) is 0 Å². The minimum Gasteiger partial charge on any atom is -0.456 e. The predicted molar refractivity (Wildman–Crippen MR) is 115 cm³/mol. The number of alkyl halides is 3. The molecule has 6 nitrogen and oxygen atoms in total. The van der Waals surface area contributed by atoms with Crippen molar-refractivity contribution in [1.29, 1.82) is 0 Å². The van der Waals surface area contributed by atoms with Crippen LogP contribution in [0.5, 0.6) is 11.5 Å². The number of aromatic nitrogens is 3. The summed E-state index contributed by atoms with van der Waals surface area (Å²) in [6.45, 7) is 0.0784. The van der Waals surface area contributed by atoms with Crippen molar-refractivity contribution < 1.29 is 27.1 Å². The molecule has 3 heterocycles. The van der Waals surface area contributed by atoms with E-state index in [0.29, 0.717) is 23.4 Å². The van der Waals surface area contributed by atoms with E-state index in [1.165, 1.54) is 47.3 Å². The van der Waals surface area contributed by atoms with E-state index < -0.39 is 17.6 Å². The highest BCUT2D eigenvalue weighted by Crippen LogP contribution is 2.32. The summed E-state index contributed by atoms with van der Waals surface area (Å²) < 4.78 is 58.4. The van der Waals surface area contributed by atoms with Gasteiger partial charge in [0.05, 0.1) is 29.0 Å². The van der Waals surface area contributed by atoms with E-state index >= 15 is 0 Å². The lowest BCUT2D eigenvalue weighted by atomic mass is 10.2. The molecule has 4 aromatic rings. The Labute approximate surface area is 195 Å². The van der Waals surface area contributed by atoms with E-state index in [2.05, 4.69) is 15.3 Å². The summed E-state index contributed by atoms with van der Waals surface area (Å²) >= 11 is 6.00. The molecule has 34 heavy (non-hydrogen) atoms. The van der Waals surface area contributed by atoms with Crippen LogP contribution < -0.4 is 10.1 Å². The van der Waals surface area contributed by atoms with Crippen LogP contribution in [0.15, 0.2) is 73.2 Å². The van der Waals surface area contributed by atoms with Gasteiger partial charge < -0.3 is 10.1 Å². The van der Waals surface area contributed by atoms with Gasteiger partial charge >= 0.3 is 6.18 Å². The fraction of sp³-hybridized carbons (Fsp3) is 0.0870. The average Bonchev–Trinajstić information content (AvgIpc) is 3.29. The lowest BCUT2D eigenvalue weighted by molar-refractivity contribution is -0.137. The number of carbonyl (C=O) groups excluding carboxylic acids is 1. The predicted octanol–water partition coefficient (Wildman–Crippen LogP) is 5.80. The molecule has 0 bridgehead atoms. The van der Waals surface area contributed by atoms with Gasteiger partial charge in [-0.25, -0.2) is 9.37 Å². The van der Waals surface area contributed by atoms with Crippen LogP contribution in [0.4, 0.5) is 17.6 Å². The average molecular weight is 491 g/mol. The number of ether oxygens (including phenoxy) is 1. The molecule has 11 heteroatoms. The molecule has 3 aromatic heterocycles. The van der Waals surface area contributed by atoms with Gasteiger partial charge in [-0.05, 0) is 54.6 Å². The number of hydrogen-bond donors (Lipinski definition) is 1. The number of benzene rings is 1. The Hall–Kier alpha value is -3.92. The van der Waals surface area contributed by atoms with Gasteiger partial charge in [-0.2, -0.15) is 13.2 Å². The molecule has 0 aliphatic heterocycles. The largest absolute Gasteiger partial charge is 0.456 e. The van der Waals surface area contributed by atoms with Crippen molar-refractivity contribution in [3.05, 3.63) is 101 Å². The van der Waals surface area contributed by atoms with Crippen LogP contribution in [-0.4, -0.2) is 20.4 Å². The van der Waals surface area contributed by atoms with Gasteiger partial charge in [-0.1, -0.05) is 11.6 Å². The monoisotopic (exact) mass is 490 g/mol. The number of amides is 1. The van der Waals surface area contributed by atoms with Crippen molar-refractivity contribution in [2.24, 2.45) is 0 Å². The molecular formula is C23H15ClF4N4O2. The van der Waals surface area contributed by atoms with Gasteiger partial charge in [-0.15, -0.1) is 0 Å². The van der Waals surface area contributed by atoms with Gasteiger partial charge in [0.15, 0.2) is 5.82 Å². The molecular weight excluding hydrogens is 476 g/mol. The Morgan fingerprint density at radius 1 is 1.03 bits per heavy atom. The Morgan fingerprint density at radius 2 is 1.76 bits per heavy atom. The summed E-state index contributed by atoms with van der Waals surface area (Å²) in [5, 5.41) is 2.43. The zero-order valence-electron chi connectivity index (χ0n) is 17.2. The summed E-state index contributed by atoms with van der Waals surface area (Å²) in [6, 6.07) is 12.6. The first-order chi connectivity index (χ1) is 16.2. The first-order valence-corrected chi connectivity index (χ1v) is 10.2. The Morgan fingerprint density at radius 3 is 2.41 bits per heavy atom. The van der Waals surface area contributed by atoms with Crippen LogP contribution in [0.25, 0.3) is 5.82 Å². The SMILES string of the molecule is O=C(NCc1ccc(Oc2ccc(F)cc2)cn1)c1cccn1-c1ncc(C(F)(F)F)cc1Cl. The summed E-state index contributed by atoms with van der Waals surface area (Å²) in [7, 11) is 0. The normalized spacial score (nSPS) is 11.3. The zero-order valence-corrected chi connectivity index (χ0v) is 17.9. The van der Waals surface area contributed by atoms with E-state index in [1.807, 2.05) is 0 Å². The number of rotatable bonds is 6. The van der Waals surface area contributed by atoms with Crippen LogP contribution >= 0.6 is 11.6 Å². The van der Waals surface area contributed by atoms with Crippen LogP contribution in [-0.2, 0) is 12.7 Å². The fourth-order valence-corrected chi connectivity index (χ4v) is 3.25. The summed E-state index contributed by atoms with van der Waals surface area (Å²) in [5.41, 5.74) is -0.327. The standard InChI is InChI=1S/C23H15ClF4N4O2/c24-19-10-14(23(26,27)28)11-30-21(19)32-9-1-2-20(32)22(33)31-12-16-5-8-18(13-29-16)34-17-6-3-15(25)4-7-17/h1-11,13H,12H2,(H,31,33). The smallest absolute Gasteiger partial charge is 0.417 e. The molecule has 174 valence electrons. The molecule has 0 atom stereocenters. The topological polar surface area (TPSA) is 69.0 Å². The molecule has 4 rings (SSSR count). The number of nitrogens with one attached hydrogen (secondary N) is 1. The Bertz CT molecular complexity index is 1310. The van der Waals surface area contributed by atoms with E-state index in [-0.39, 0.29) is 28.9 Å². The third-order valence-electron chi connectivity index (χ3n) is 4.64. The molecule has 0 unspecified atom stereocenters. The highest BCUT2D eigenvalue weighted by atomic mass is 35.5. The first kappa shape index (κ1) is 23.2. The maximum Gasteiger partial charge on any atom is 0.417 e. The van der Waals surface area contributed by atoms with Crippen molar-refractivity contribution in [1.82, 2.24) is 19.9 Å². The van der Waals surface area contributed by atoms with Gasteiger partial charge in [0, 0.05) is 12.4 Å². The second-order valence-electron chi connectivity index (χ2n) is 7.01. The molecule has 0 aliphatic carbocycles. The van der Waals surface area contributed by atoms with Crippen LogP contribution in [0.1, 0.15) is 21.7 Å². The molecule has 0 fully saturated rings. The molecule has 0 saturated heterocycles. The summed E-state index contributed by atoms with van der Waals surface area (Å²) in [4.78, 5) is 20.7.